The van der Waals surface area contributed by atoms with Crippen LogP contribution in [0.25, 0.3) is 11.0 Å². The van der Waals surface area contributed by atoms with Crippen LogP contribution < -0.4 is 10.7 Å². The zero-order chi connectivity index (χ0) is 15.2. The fourth-order valence-electron chi connectivity index (χ4n) is 2.00. The molecule has 0 aliphatic carbocycles. The number of carbonyl (C=O) groups is 1. The van der Waals surface area contributed by atoms with E-state index in [4.69, 9.17) is 0 Å². The SMILES string of the molecule is O=C(NCCSCc1cccs1)Nn1cnc2ccccc21. The molecule has 0 aliphatic heterocycles. The summed E-state index contributed by atoms with van der Waals surface area (Å²) in [5.74, 6) is 1.88. The predicted octanol–water partition coefficient (Wildman–Crippen LogP) is 3.28. The summed E-state index contributed by atoms with van der Waals surface area (Å²) in [5.41, 5.74) is 4.50. The van der Waals surface area contributed by atoms with Gasteiger partial charge in [0.15, 0.2) is 0 Å². The van der Waals surface area contributed by atoms with Crippen LogP contribution in [0, 0.1) is 0 Å². The van der Waals surface area contributed by atoms with E-state index in [1.807, 2.05) is 36.0 Å². The van der Waals surface area contributed by atoms with Crippen LogP contribution >= 0.6 is 23.1 Å². The number of imidazole rings is 1. The number of carbonyl (C=O) groups excluding carboxylic acids is 1. The molecule has 0 aliphatic rings. The number of hydrogen-bond donors (Lipinski definition) is 2. The summed E-state index contributed by atoms with van der Waals surface area (Å²) in [6.07, 6.45) is 1.61. The number of aromatic nitrogens is 2. The molecule has 3 aromatic rings. The van der Waals surface area contributed by atoms with Gasteiger partial charge in [-0.25, -0.2) is 19.9 Å². The normalized spacial score (nSPS) is 10.7. The highest BCUT2D eigenvalue weighted by Crippen LogP contribution is 2.16. The smallest absolute Gasteiger partial charge is 0.333 e. The Morgan fingerprint density at radius 3 is 3.05 bits per heavy atom. The van der Waals surface area contributed by atoms with Crippen molar-refractivity contribution < 1.29 is 4.79 Å². The van der Waals surface area contributed by atoms with E-state index in [0.717, 1.165) is 22.5 Å². The summed E-state index contributed by atoms with van der Waals surface area (Å²) in [4.78, 5) is 17.5. The molecule has 5 nitrogen and oxygen atoms in total. The Morgan fingerprint density at radius 1 is 1.27 bits per heavy atom. The summed E-state index contributed by atoms with van der Waals surface area (Å²) < 4.78 is 1.63. The lowest BCUT2D eigenvalue weighted by molar-refractivity contribution is 0.250. The minimum absolute atomic E-state index is 0.222. The maximum atomic E-state index is 11.9. The Bertz CT molecular complexity index is 739. The lowest BCUT2D eigenvalue weighted by Gasteiger charge is -2.08. The maximum absolute atomic E-state index is 11.9. The molecular weight excluding hydrogens is 316 g/mol. The molecule has 0 radical (unpaired) electrons. The molecule has 0 unspecified atom stereocenters. The second-order valence-electron chi connectivity index (χ2n) is 4.60. The van der Waals surface area contributed by atoms with E-state index < -0.39 is 0 Å². The van der Waals surface area contributed by atoms with Gasteiger partial charge in [-0.3, -0.25) is 0 Å². The molecule has 3 rings (SSSR count). The third-order valence-corrected chi connectivity index (χ3v) is 5.10. The zero-order valence-electron chi connectivity index (χ0n) is 11.9. The van der Waals surface area contributed by atoms with Crippen LogP contribution in [-0.4, -0.2) is 28.0 Å². The number of thiophene rings is 1. The van der Waals surface area contributed by atoms with E-state index in [2.05, 4.69) is 33.2 Å². The standard InChI is InChI=1S/C15H16N4OS2/c20-15(16-7-9-21-10-12-4-3-8-22-12)18-19-11-17-13-5-1-2-6-14(13)19/h1-6,8,11H,7,9-10H2,(H2,16,18,20). The van der Waals surface area contributed by atoms with Crippen LogP contribution in [0.3, 0.4) is 0 Å². The Hall–Kier alpha value is -1.99. The van der Waals surface area contributed by atoms with Crippen molar-refractivity contribution in [3.8, 4) is 0 Å². The molecule has 0 saturated heterocycles. The van der Waals surface area contributed by atoms with E-state index in [-0.39, 0.29) is 6.03 Å². The topological polar surface area (TPSA) is 59.0 Å². The summed E-state index contributed by atoms with van der Waals surface area (Å²) in [6, 6.07) is 11.6. The van der Waals surface area contributed by atoms with Gasteiger partial charge in [-0.15, -0.1) is 11.3 Å². The van der Waals surface area contributed by atoms with Gasteiger partial charge in [-0.1, -0.05) is 18.2 Å². The van der Waals surface area contributed by atoms with E-state index in [1.54, 1.807) is 22.3 Å². The minimum Gasteiger partial charge on any atom is -0.336 e. The lowest BCUT2D eigenvalue weighted by atomic mass is 10.3. The first-order valence-corrected chi connectivity index (χ1v) is 8.93. The molecule has 0 spiro atoms. The molecule has 1 aromatic carbocycles. The number of rotatable bonds is 6. The van der Waals surface area contributed by atoms with Gasteiger partial charge in [0.1, 0.15) is 6.33 Å². The largest absolute Gasteiger partial charge is 0.336 e. The third-order valence-electron chi connectivity index (χ3n) is 3.03. The van der Waals surface area contributed by atoms with E-state index in [0.29, 0.717) is 6.54 Å². The number of nitrogens with one attached hydrogen (secondary N) is 2. The number of urea groups is 1. The van der Waals surface area contributed by atoms with Gasteiger partial charge in [0.25, 0.3) is 0 Å². The second kappa shape index (κ2) is 7.33. The average molecular weight is 332 g/mol. The van der Waals surface area contributed by atoms with Gasteiger partial charge in [-0.05, 0) is 23.6 Å². The Balaban J connectivity index is 1.41. The number of hydrogen-bond acceptors (Lipinski definition) is 4. The third kappa shape index (κ3) is 3.80. The molecule has 22 heavy (non-hydrogen) atoms. The summed E-state index contributed by atoms with van der Waals surface area (Å²) in [5, 5.41) is 4.93. The molecular formula is C15H16N4OS2. The molecule has 2 amide bonds. The Labute approximate surface area is 136 Å². The van der Waals surface area contributed by atoms with Crippen LogP contribution in [0.4, 0.5) is 4.79 Å². The van der Waals surface area contributed by atoms with Crippen molar-refractivity contribution in [2.45, 2.75) is 5.75 Å². The maximum Gasteiger partial charge on any atom is 0.333 e. The van der Waals surface area contributed by atoms with Gasteiger partial charge < -0.3 is 5.32 Å². The van der Waals surface area contributed by atoms with Gasteiger partial charge in [-0.2, -0.15) is 11.8 Å². The monoisotopic (exact) mass is 332 g/mol. The quantitative estimate of drug-likeness (QED) is 0.681. The van der Waals surface area contributed by atoms with Crippen molar-refractivity contribution in [1.29, 1.82) is 0 Å². The number of benzene rings is 1. The fourth-order valence-corrected chi connectivity index (χ4v) is 3.70. The van der Waals surface area contributed by atoms with Crippen molar-refractivity contribution in [2.24, 2.45) is 0 Å². The molecule has 114 valence electrons. The van der Waals surface area contributed by atoms with Crippen LogP contribution in [-0.2, 0) is 5.75 Å². The van der Waals surface area contributed by atoms with Gasteiger partial charge >= 0.3 is 6.03 Å². The molecule has 0 fully saturated rings. The van der Waals surface area contributed by atoms with E-state index in [9.17, 15) is 4.79 Å². The number of fused-ring (bicyclic) bond motifs is 1. The highest BCUT2D eigenvalue weighted by molar-refractivity contribution is 7.98. The zero-order valence-corrected chi connectivity index (χ0v) is 13.5. The molecule has 2 N–H and O–H groups in total. The predicted molar refractivity (Wildman–Crippen MR) is 93.0 cm³/mol. The van der Waals surface area contributed by atoms with Gasteiger partial charge in [0.2, 0.25) is 0 Å². The van der Waals surface area contributed by atoms with Crippen molar-refractivity contribution >= 4 is 40.2 Å². The van der Waals surface area contributed by atoms with Crippen LogP contribution in [0.15, 0.2) is 48.1 Å². The van der Waals surface area contributed by atoms with E-state index in [1.165, 1.54) is 4.88 Å². The number of thioether (sulfide) groups is 1. The Kier molecular flexibility index (Phi) is 4.97. The number of nitrogens with zero attached hydrogens (tertiary/aromatic N) is 2. The number of para-hydroxylation sites is 2. The average Bonchev–Trinajstić information content (AvgIpc) is 3.17. The van der Waals surface area contributed by atoms with E-state index >= 15 is 0 Å². The van der Waals surface area contributed by atoms with Gasteiger partial charge in [0, 0.05) is 22.9 Å². The molecule has 2 aromatic heterocycles. The molecule has 0 saturated carbocycles. The summed E-state index contributed by atoms with van der Waals surface area (Å²) >= 11 is 3.57. The Morgan fingerprint density at radius 2 is 2.18 bits per heavy atom. The summed E-state index contributed by atoms with van der Waals surface area (Å²) in [7, 11) is 0. The highest BCUT2D eigenvalue weighted by Gasteiger charge is 2.04. The highest BCUT2D eigenvalue weighted by atomic mass is 32.2. The van der Waals surface area contributed by atoms with Crippen LogP contribution in [0.5, 0.6) is 0 Å². The van der Waals surface area contributed by atoms with Gasteiger partial charge in [0.05, 0.1) is 11.0 Å². The molecule has 7 heteroatoms. The molecule has 0 atom stereocenters. The lowest BCUT2D eigenvalue weighted by Crippen LogP contribution is -2.35. The van der Waals surface area contributed by atoms with Crippen LogP contribution in [0.2, 0.25) is 0 Å². The van der Waals surface area contributed by atoms with Crippen molar-refractivity contribution in [3.05, 3.63) is 53.0 Å². The first-order chi connectivity index (χ1) is 10.8. The van der Waals surface area contributed by atoms with Crippen molar-refractivity contribution in [3.63, 3.8) is 0 Å². The summed E-state index contributed by atoms with van der Waals surface area (Å²) in [6.45, 7) is 0.633. The van der Waals surface area contributed by atoms with Crippen molar-refractivity contribution in [2.75, 3.05) is 17.7 Å². The second-order valence-corrected chi connectivity index (χ2v) is 6.74. The fraction of sp³-hybridized carbons (Fsp3) is 0.200. The molecule has 0 bridgehead atoms. The number of amides is 2. The minimum atomic E-state index is -0.222. The first kappa shape index (κ1) is 14.9. The van der Waals surface area contributed by atoms with Crippen LogP contribution in [0.1, 0.15) is 4.88 Å². The molecule has 2 heterocycles. The van der Waals surface area contributed by atoms with Crippen molar-refractivity contribution in [1.82, 2.24) is 15.0 Å². The first-order valence-electron chi connectivity index (χ1n) is 6.90.